The van der Waals surface area contributed by atoms with Crippen LogP contribution in [0.25, 0.3) is 6.08 Å². The fourth-order valence-corrected chi connectivity index (χ4v) is 6.31. The lowest BCUT2D eigenvalue weighted by Gasteiger charge is -2.25. The van der Waals surface area contributed by atoms with Crippen LogP contribution in [0.15, 0.2) is 92.3 Å². The number of halogens is 1. The minimum atomic E-state index is -0.714. The van der Waals surface area contributed by atoms with Crippen molar-refractivity contribution in [2.75, 3.05) is 7.11 Å². The Morgan fingerprint density at radius 2 is 1.91 bits per heavy atom. The molecule has 0 bridgehead atoms. The highest BCUT2D eigenvalue weighted by Crippen LogP contribution is 2.32. The van der Waals surface area contributed by atoms with Crippen molar-refractivity contribution in [3.63, 3.8) is 0 Å². The van der Waals surface area contributed by atoms with Crippen LogP contribution >= 0.6 is 27.3 Å². The Balaban J connectivity index is 1.52. The monoisotopic (exact) mass is 657 g/mol. The van der Waals surface area contributed by atoms with E-state index >= 15 is 0 Å². The third-order valence-corrected chi connectivity index (χ3v) is 8.39. The van der Waals surface area contributed by atoms with E-state index in [1.54, 1.807) is 56.7 Å². The first-order valence-electron chi connectivity index (χ1n) is 13.5. The van der Waals surface area contributed by atoms with Crippen molar-refractivity contribution in [2.24, 2.45) is 4.99 Å². The lowest BCUT2D eigenvalue weighted by atomic mass is 9.96. The van der Waals surface area contributed by atoms with E-state index in [9.17, 15) is 14.9 Å². The van der Waals surface area contributed by atoms with Gasteiger partial charge in [0, 0.05) is 5.56 Å². The first-order valence-corrected chi connectivity index (χ1v) is 15.1. The Morgan fingerprint density at radius 3 is 2.58 bits per heavy atom. The number of hydrogen-bond donors (Lipinski definition) is 0. The molecule has 3 aromatic carbocycles. The highest BCUT2D eigenvalue weighted by Gasteiger charge is 2.33. The van der Waals surface area contributed by atoms with Gasteiger partial charge in [0.15, 0.2) is 4.80 Å². The van der Waals surface area contributed by atoms with E-state index in [1.807, 2.05) is 48.5 Å². The van der Waals surface area contributed by atoms with E-state index in [0.717, 1.165) is 16.7 Å². The molecule has 1 aliphatic heterocycles. The maximum Gasteiger partial charge on any atom is 0.338 e. The molecule has 218 valence electrons. The maximum absolute atomic E-state index is 13.9. The summed E-state index contributed by atoms with van der Waals surface area (Å²) in [5.74, 6) is 0.758. The molecule has 0 unspecified atom stereocenters. The topological polar surface area (TPSA) is 103 Å². The molecule has 1 aliphatic rings. The van der Waals surface area contributed by atoms with E-state index in [1.165, 1.54) is 11.3 Å². The van der Waals surface area contributed by atoms with Gasteiger partial charge in [-0.1, -0.05) is 47.7 Å². The molecule has 0 amide bonds. The van der Waals surface area contributed by atoms with E-state index in [-0.39, 0.29) is 18.3 Å². The van der Waals surface area contributed by atoms with Crippen LogP contribution in [0.5, 0.6) is 11.5 Å². The molecule has 10 heteroatoms. The Hall–Kier alpha value is -4.46. The summed E-state index contributed by atoms with van der Waals surface area (Å²) in [4.78, 5) is 32.3. The summed E-state index contributed by atoms with van der Waals surface area (Å²) in [5.41, 5.74) is 3.42. The number of hydrogen-bond acceptors (Lipinski definition) is 8. The SMILES string of the molecule is COc1ccc([C@@H]2C(C(=O)OC(C)C)=C(C)N=c3s/c(=C\c4ccc(OCc5ccccc5C#N)c(Br)c4)c(=O)n32)cc1. The van der Waals surface area contributed by atoms with E-state index in [2.05, 4.69) is 27.0 Å². The normalized spacial score (nSPS) is 14.6. The quantitative estimate of drug-likeness (QED) is 0.235. The van der Waals surface area contributed by atoms with E-state index in [0.29, 0.717) is 42.1 Å². The van der Waals surface area contributed by atoms with Crippen molar-refractivity contribution >= 4 is 39.3 Å². The summed E-state index contributed by atoms with van der Waals surface area (Å²) >= 11 is 4.83. The number of esters is 1. The van der Waals surface area contributed by atoms with Gasteiger partial charge in [-0.3, -0.25) is 9.36 Å². The number of methoxy groups -OCH3 is 1. The highest BCUT2D eigenvalue weighted by molar-refractivity contribution is 9.10. The standard InChI is InChI=1S/C33H28BrN3O5S/c1-19(2)42-32(39)29-20(3)36-33-37(30(29)22-10-12-25(40-4)13-11-22)31(38)28(43-33)16-21-9-14-27(26(34)15-21)41-18-24-8-6-5-7-23(24)17-35/h5-16,19,30H,18H2,1-4H3/b28-16-/t30-/m1/s1. The molecule has 0 saturated carbocycles. The summed E-state index contributed by atoms with van der Waals surface area (Å²) in [6.07, 6.45) is 1.46. The summed E-state index contributed by atoms with van der Waals surface area (Å²) < 4.78 is 19.6. The Kier molecular flexibility index (Phi) is 8.94. The second-order valence-electron chi connectivity index (χ2n) is 10.1. The summed E-state index contributed by atoms with van der Waals surface area (Å²) in [5, 5.41) is 9.34. The molecule has 0 spiro atoms. The lowest BCUT2D eigenvalue weighted by molar-refractivity contribution is -0.143. The Morgan fingerprint density at radius 1 is 1.16 bits per heavy atom. The number of thiazole rings is 1. The van der Waals surface area contributed by atoms with Crippen molar-refractivity contribution in [1.82, 2.24) is 4.57 Å². The van der Waals surface area contributed by atoms with Gasteiger partial charge in [-0.2, -0.15) is 5.26 Å². The van der Waals surface area contributed by atoms with Gasteiger partial charge in [-0.15, -0.1) is 0 Å². The van der Waals surface area contributed by atoms with Gasteiger partial charge in [0.25, 0.3) is 5.56 Å². The predicted octanol–water partition coefficient (Wildman–Crippen LogP) is 5.41. The second-order valence-corrected chi connectivity index (χ2v) is 11.9. The van der Waals surface area contributed by atoms with Crippen LogP contribution in [0.4, 0.5) is 0 Å². The number of benzene rings is 3. The van der Waals surface area contributed by atoms with Crippen LogP contribution in [0, 0.1) is 11.3 Å². The van der Waals surface area contributed by atoms with Crippen molar-refractivity contribution in [3.8, 4) is 17.6 Å². The number of nitrogens with zero attached hydrogens (tertiary/aromatic N) is 3. The average Bonchev–Trinajstić information content (AvgIpc) is 3.29. The maximum atomic E-state index is 13.9. The fraction of sp³-hybridized carbons (Fsp3) is 0.212. The van der Waals surface area contributed by atoms with Crippen LogP contribution in [0.2, 0.25) is 0 Å². The molecule has 0 aliphatic carbocycles. The summed E-state index contributed by atoms with van der Waals surface area (Å²) in [7, 11) is 1.58. The van der Waals surface area contributed by atoms with Crippen LogP contribution in [-0.2, 0) is 16.1 Å². The zero-order valence-electron chi connectivity index (χ0n) is 24.0. The minimum Gasteiger partial charge on any atom is -0.497 e. The van der Waals surface area contributed by atoms with Crippen molar-refractivity contribution in [3.05, 3.63) is 124 Å². The summed E-state index contributed by atoms with van der Waals surface area (Å²) in [6.45, 7) is 5.57. The van der Waals surface area contributed by atoms with Gasteiger partial charge < -0.3 is 14.2 Å². The van der Waals surface area contributed by atoms with E-state index in [4.69, 9.17) is 14.2 Å². The number of ether oxygens (including phenoxy) is 3. The smallest absolute Gasteiger partial charge is 0.338 e. The van der Waals surface area contributed by atoms with E-state index < -0.39 is 12.0 Å². The van der Waals surface area contributed by atoms with Crippen molar-refractivity contribution in [1.29, 1.82) is 5.26 Å². The zero-order chi connectivity index (χ0) is 30.7. The molecule has 0 fully saturated rings. The molecule has 5 rings (SSSR count). The first-order chi connectivity index (χ1) is 20.7. The predicted molar refractivity (Wildman–Crippen MR) is 168 cm³/mol. The van der Waals surface area contributed by atoms with Crippen LogP contribution in [-0.4, -0.2) is 23.8 Å². The third-order valence-electron chi connectivity index (χ3n) is 6.79. The number of rotatable bonds is 8. The molecule has 4 aromatic rings. The van der Waals surface area contributed by atoms with Gasteiger partial charge in [0.1, 0.15) is 18.1 Å². The molecule has 8 nitrogen and oxygen atoms in total. The molecular weight excluding hydrogens is 630 g/mol. The Labute approximate surface area is 260 Å². The zero-order valence-corrected chi connectivity index (χ0v) is 26.4. The lowest BCUT2D eigenvalue weighted by Crippen LogP contribution is -2.40. The Bertz CT molecular complexity index is 1950. The van der Waals surface area contributed by atoms with Gasteiger partial charge in [0.05, 0.1) is 51.2 Å². The van der Waals surface area contributed by atoms with Gasteiger partial charge in [0.2, 0.25) is 0 Å². The number of aromatic nitrogens is 1. The van der Waals surface area contributed by atoms with Gasteiger partial charge >= 0.3 is 5.97 Å². The number of allylic oxidation sites excluding steroid dienone is 1. The minimum absolute atomic E-state index is 0.243. The molecule has 2 heterocycles. The first kappa shape index (κ1) is 30.0. The molecule has 0 radical (unpaired) electrons. The largest absolute Gasteiger partial charge is 0.497 e. The van der Waals surface area contributed by atoms with Crippen LogP contribution in [0.1, 0.15) is 49.1 Å². The highest BCUT2D eigenvalue weighted by atomic mass is 79.9. The van der Waals surface area contributed by atoms with Gasteiger partial charge in [-0.05, 0) is 84.2 Å². The molecule has 43 heavy (non-hydrogen) atoms. The molecular formula is C33H28BrN3O5S. The number of carbonyl (C=O) groups is 1. The van der Waals surface area contributed by atoms with Gasteiger partial charge in [-0.25, -0.2) is 9.79 Å². The van der Waals surface area contributed by atoms with Crippen molar-refractivity contribution < 1.29 is 19.0 Å². The third kappa shape index (κ3) is 6.33. The number of carbonyl (C=O) groups excluding carboxylic acids is 1. The second kappa shape index (κ2) is 12.8. The molecule has 0 N–H and O–H groups in total. The fourth-order valence-electron chi connectivity index (χ4n) is 4.75. The average molecular weight is 659 g/mol. The number of fused-ring (bicyclic) bond motifs is 1. The van der Waals surface area contributed by atoms with Crippen LogP contribution in [0.3, 0.4) is 0 Å². The molecule has 0 saturated heterocycles. The summed E-state index contributed by atoms with van der Waals surface area (Å²) in [6, 6.07) is 21.6. The number of nitriles is 1. The molecule has 1 atom stereocenters. The van der Waals surface area contributed by atoms with Crippen LogP contribution < -0.4 is 24.4 Å². The molecule has 1 aromatic heterocycles. The van der Waals surface area contributed by atoms with Crippen molar-refractivity contribution in [2.45, 2.75) is 39.5 Å².